The number of aromatic nitrogens is 1. The van der Waals surface area contributed by atoms with Gasteiger partial charge in [-0.15, -0.1) is 11.3 Å². The molecule has 0 aromatic carbocycles. The van der Waals surface area contributed by atoms with Crippen LogP contribution in [0.5, 0.6) is 0 Å². The Morgan fingerprint density at radius 3 is 3.13 bits per heavy atom. The summed E-state index contributed by atoms with van der Waals surface area (Å²) in [6.07, 6.45) is 1.35. The third-order valence-electron chi connectivity index (χ3n) is 2.65. The van der Waals surface area contributed by atoms with Crippen LogP contribution < -0.4 is 4.90 Å². The molecule has 1 fully saturated rings. The largest absolute Gasteiger partial charge is 0.375 e. The summed E-state index contributed by atoms with van der Waals surface area (Å²) >= 11 is 7.45. The number of thiazole rings is 1. The summed E-state index contributed by atoms with van der Waals surface area (Å²) in [6, 6.07) is 0.434. The predicted octanol–water partition coefficient (Wildman–Crippen LogP) is 2.80. The van der Waals surface area contributed by atoms with Crippen molar-refractivity contribution >= 4 is 28.1 Å². The van der Waals surface area contributed by atoms with Crippen molar-refractivity contribution in [3.8, 4) is 0 Å². The van der Waals surface area contributed by atoms with Gasteiger partial charge in [0.2, 0.25) is 0 Å². The van der Waals surface area contributed by atoms with Gasteiger partial charge >= 0.3 is 0 Å². The minimum Gasteiger partial charge on any atom is -0.375 e. The Labute approximate surface area is 99.0 Å². The predicted molar refractivity (Wildman–Crippen MR) is 64.0 cm³/mol. The molecule has 0 aliphatic carbocycles. The Bertz CT molecular complexity index is 331. The van der Waals surface area contributed by atoms with Gasteiger partial charge in [0.05, 0.1) is 18.8 Å². The lowest BCUT2D eigenvalue weighted by atomic mass is 10.1. The SMILES string of the molecule is CCC1COC(C)CN1c1nc(Cl)cs1. The molecule has 1 aromatic rings. The minimum absolute atomic E-state index is 0.274. The van der Waals surface area contributed by atoms with Gasteiger partial charge in [-0.2, -0.15) is 0 Å². The van der Waals surface area contributed by atoms with E-state index >= 15 is 0 Å². The van der Waals surface area contributed by atoms with Gasteiger partial charge in [0.1, 0.15) is 5.15 Å². The van der Waals surface area contributed by atoms with Crippen LogP contribution in [-0.4, -0.2) is 30.3 Å². The van der Waals surface area contributed by atoms with Crippen molar-refractivity contribution in [1.82, 2.24) is 4.98 Å². The van der Waals surface area contributed by atoms with Crippen molar-refractivity contribution < 1.29 is 4.74 Å². The molecule has 3 nitrogen and oxygen atoms in total. The molecule has 1 aromatic heterocycles. The molecule has 0 bridgehead atoms. The number of ether oxygens (including phenoxy) is 1. The third kappa shape index (κ3) is 2.44. The molecule has 0 radical (unpaired) electrons. The van der Waals surface area contributed by atoms with Gasteiger partial charge in [-0.05, 0) is 13.3 Å². The quantitative estimate of drug-likeness (QED) is 0.803. The van der Waals surface area contributed by atoms with Crippen LogP contribution in [-0.2, 0) is 4.74 Å². The van der Waals surface area contributed by atoms with Crippen LogP contribution in [0.2, 0.25) is 5.15 Å². The standard InChI is InChI=1S/C10H15ClN2OS/c1-3-8-5-14-7(2)4-13(8)10-12-9(11)6-15-10/h6-8H,3-5H2,1-2H3. The highest BCUT2D eigenvalue weighted by Crippen LogP contribution is 2.28. The molecular formula is C10H15ClN2OS. The average molecular weight is 247 g/mol. The van der Waals surface area contributed by atoms with Gasteiger partial charge in [-0.1, -0.05) is 18.5 Å². The molecule has 2 unspecified atom stereocenters. The molecule has 1 aliphatic rings. The first-order valence-electron chi connectivity index (χ1n) is 5.20. The molecule has 2 rings (SSSR count). The van der Waals surface area contributed by atoms with E-state index in [1.165, 1.54) is 0 Å². The lowest BCUT2D eigenvalue weighted by molar-refractivity contribution is 0.0299. The second-order valence-electron chi connectivity index (χ2n) is 3.81. The summed E-state index contributed by atoms with van der Waals surface area (Å²) in [7, 11) is 0. The molecule has 1 aliphatic heterocycles. The molecule has 2 heterocycles. The summed E-state index contributed by atoms with van der Waals surface area (Å²) in [5.74, 6) is 0. The van der Waals surface area contributed by atoms with Gasteiger partial charge in [-0.25, -0.2) is 4.98 Å². The van der Waals surface area contributed by atoms with Crippen LogP contribution >= 0.6 is 22.9 Å². The maximum absolute atomic E-state index is 5.85. The van der Waals surface area contributed by atoms with Crippen LogP contribution in [0.4, 0.5) is 5.13 Å². The molecule has 2 atom stereocenters. The Morgan fingerprint density at radius 1 is 1.73 bits per heavy atom. The smallest absolute Gasteiger partial charge is 0.187 e. The first kappa shape index (κ1) is 11.2. The van der Waals surface area contributed by atoms with Crippen LogP contribution in [0.15, 0.2) is 5.38 Å². The lowest BCUT2D eigenvalue weighted by Gasteiger charge is -2.38. The fourth-order valence-corrected chi connectivity index (χ4v) is 2.82. The summed E-state index contributed by atoms with van der Waals surface area (Å²) < 4.78 is 5.64. The molecule has 0 N–H and O–H groups in total. The number of morpholine rings is 1. The normalized spacial score (nSPS) is 27.0. The van der Waals surface area contributed by atoms with Crippen LogP contribution in [0.3, 0.4) is 0 Å². The highest BCUT2D eigenvalue weighted by molar-refractivity contribution is 7.14. The van der Waals surface area contributed by atoms with Gasteiger partial charge in [0.15, 0.2) is 5.13 Å². The van der Waals surface area contributed by atoms with E-state index in [2.05, 4.69) is 23.7 Å². The van der Waals surface area contributed by atoms with E-state index in [4.69, 9.17) is 16.3 Å². The van der Waals surface area contributed by atoms with Crippen molar-refractivity contribution in [2.45, 2.75) is 32.4 Å². The number of halogens is 1. The summed E-state index contributed by atoms with van der Waals surface area (Å²) in [5.41, 5.74) is 0. The van der Waals surface area contributed by atoms with E-state index in [1.807, 2.05) is 5.38 Å². The van der Waals surface area contributed by atoms with Gasteiger partial charge in [0.25, 0.3) is 0 Å². The highest BCUT2D eigenvalue weighted by Gasteiger charge is 2.27. The maximum atomic E-state index is 5.85. The second-order valence-corrected chi connectivity index (χ2v) is 5.03. The summed E-state index contributed by atoms with van der Waals surface area (Å²) in [4.78, 5) is 6.63. The fourth-order valence-electron chi connectivity index (χ4n) is 1.79. The minimum atomic E-state index is 0.274. The second kappa shape index (κ2) is 4.68. The third-order valence-corrected chi connectivity index (χ3v) is 3.85. The van der Waals surface area contributed by atoms with Crippen LogP contribution in [0.1, 0.15) is 20.3 Å². The van der Waals surface area contributed by atoms with E-state index in [0.717, 1.165) is 24.7 Å². The van der Waals surface area contributed by atoms with Crippen molar-refractivity contribution in [3.05, 3.63) is 10.5 Å². The van der Waals surface area contributed by atoms with Gasteiger partial charge < -0.3 is 9.64 Å². The monoisotopic (exact) mass is 246 g/mol. The molecule has 0 spiro atoms. The molecular weight excluding hydrogens is 232 g/mol. The molecule has 15 heavy (non-hydrogen) atoms. The zero-order valence-electron chi connectivity index (χ0n) is 8.94. The molecule has 84 valence electrons. The number of rotatable bonds is 2. The highest BCUT2D eigenvalue weighted by atomic mass is 35.5. The lowest BCUT2D eigenvalue weighted by Crippen LogP contribution is -2.48. The van der Waals surface area contributed by atoms with E-state index < -0.39 is 0 Å². The first-order valence-corrected chi connectivity index (χ1v) is 6.45. The topological polar surface area (TPSA) is 25.4 Å². The Kier molecular flexibility index (Phi) is 3.49. The summed E-state index contributed by atoms with van der Waals surface area (Å²) in [6.45, 7) is 5.96. The molecule has 5 heteroatoms. The Morgan fingerprint density at radius 2 is 2.53 bits per heavy atom. The number of hydrogen-bond acceptors (Lipinski definition) is 4. The van der Waals surface area contributed by atoms with Crippen molar-refractivity contribution in [3.63, 3.8) is 0 Å². The molecule has 0 amide bonds. The zero-order chi connectivity index (χ0) is 10.8. The fraction of sp³-hybridized carbons (Fsp3) is 0.700. The number of hydrogen-bond donors (Lipinski definition) is 0. The van der Waals surface area contributed by atoms with Crippen molar-refractivity contribution in [2.24, 2.45) is 0 Å². The van der Waals surface area contributed by atoms with Crippen LogP contribution in [0, 0.1) is 0 Å². The zero-order valence-corrected chi connectivity index (χ0v) is 10.5. The summed E-state index contributed by atoms with van der Waals surface area (Å²) in [5, 5.41) is 3.48. The van der Waals surface area contributed by atoms with Gasteiger partial charge in [-0.3, -0.25) is 0 Å². The van der Waals surface area contributed by atoms with Crippen molar-refractivity contribution in [1.29, 1.82) is 0 Å². The van der Waals surface area contributed by atoms with E-state index in [0.29, 0.717) is 11.2 Å². The van der Waals surface area contributed by atoms with Crippen molar-refractivity contribution in [2.75, 3.05) is 18.1 Å². The Balaban J connectivity index is 2.16. The van der Waals surface area contributed by atoms with Crippen LogP contribution in [0.25, 0.3) is 0 Å². The average Bonchev–Trinajstić information content (AvgIpc) is 2.65. The molecule has 1 saturated heterocycles. The number of anilines is 1. The maximum Gasteiger partial charge on any atom is 0.187 e. The van der Waals surface area contributed by atoms with E-state index in [1.54, 1.807) is 11.3 Å². The molecule has 0 saturated carbocycles. The van der Waals surface area contributed by atoms with E-state index in [-0.39, 0.29) is 6.10 Å². The number of nitrogens with zero attached hydrogens (tertiary/aromatic N) is 2. The van der Waals surface area contributed by atoms with Gasteiger partial charge in [0, 0.05) is 11.9 Å². The van der Waals surface area contributed by atoms with E-state index in [9.17, 15) is 0 Å². The first-order chi connectivity index (χ1) is 7.20. The Hall–Kier alpha value is -0.320.